The van der Waals surface area contributed by atoms with Crippen LogP contribution in [0.3, 0.4) is 0 Å². The standard InChI is InChI=1S/C12H9ClINO4/c1-2-19-12(18)9-10(16)8-6(14)3-5(13)4-7(8)15-11(9)17/h3-4,9H,2H2,1H3,(H,15,17). The lowest BCUT2D eigenvalue weighted by Crippen LogP contribution is -2.41. The Morgan fingerprint density at radius 2 is 2.16 bits per heavy atom. The predicted molar refractivity (Wildman–Crippen MR) is 77.3 cm³/mol. The molecule has 7 heteroatoms. The SMILES string of the molecule is CCOC(=O)C1C(=O)Nc2cc(Cl)cc(I)c2C1=O. The molecule has 1 heterocycles. The number of ether oxygens (including phenoxy) is 1. The minimum absolute atomic E-state index is 0.112. The van der Waals surface area contributed by atoms with Crippen molar-refractivity contribution in [3.05, 3.63) is 26.3 Å². The number of carbonyl (C=O) groups excluding carboxylic acids is 3. The zero-order chi connectivity index (χ0) is 14.2. The molecule has 0 aromatic heterocycles. The number of hydrogen-bond acceptors (Lipinski definition) is 4. The van der Waals surface area contributed by atoms with Crippen LogP contribution in [-0.4, -0.2) is 24.3 Å². The molecule has 0 spiro atoms. The van der Waals surface area contributed by atoms with Crippen LogP contribution in [0.2, 0.25) is 5.02 Å². The van der Waals surface area contributed by atoms with Crippen molar-refractivity contribution in [3.63, 3.8) is 0 Å². The van der Waals surface area contributed by atoms with Gasteiger partial charge in [-0.1, -0.05) is 11.6 Å². The number of ketones is 1. The van der Waals surface area contributed by atoms with E-state index in [1.54, 1.807) is 13.0 Å². The summed E-state index contributed by atoms with van der Waals surface area (Å²) in [5, 5.41) is 2.92. The van der Waals surface area contributed by atoms with Crippen molar-refractivity contribution in [2.75, 3.05) is 11.9 Å². The Balaban J connectivity index is 2.48. The Kier molecular flexibility index (Phi) is 4.10. The average Bonchev–Trinajstić information content (AvgIpc) is 2.27. The van der Waals surface area contributed by atoms with Crippen molar-refractivity contribution >= 4 is 57.5 Å². The summed E-state index contributed by atoms with van der Waals surface area (Å²) in [6, 6.07) is 3.08. The molecule has 1 aromatic rings. The van der Waals surface area contributed by atoms with Gasteiger partial charge in [-0.05, 0) is 41.6 Å². The molecule has 1 unspecified atom stereocenters. The van der Waals surface area contributed by atoms with Crippen LogP contribution in [0.5, 0.6) is 0 Å². The van der Waals surface area contributed by atoms with Crippen LogP contribution in [0, 0.1) is 9.49 Å². The lowest BCUT2D eigenvalue weighted by atomic mass is 9.92. The number of esters is 1. The first kappa shape index (κ1) is 14.3. The van der Waals surface area contributed by atoms with E-state index in [4.69, 9.17) is 16.3 Å². The van der Waals surface area contributed by atoms with Crippen molar-refractivity contribution in [3.8, 4) is 0 Å². The molecule has 5 nitrogen and oxygen atoms in total. The Labute approximate surface area is 127 Å². The van der Waals surface area contributed by atoms with Crippen LogP contribution in [-0.2, 0) is 14.3 Å². The van der Waals surface area contributed by atoms with Crippen molar-refractivity contribution in [2.24, 2.45) is 5.92 Å². The Hall–Kier alpha value is -1.15. The first-order valence-electron chi connectivity index (χ1n) is 5.46. The van der Waals surface area contributed by atoms with E-state index in [9.17, 15) is 14.4 Å². The summed E-state index contributed by atoms with van der Waals surface area (Å²) in [6.45, 7) is 1.72. The zero-order valence-electron chi connectivity index (χ0n) is 9.83. The van der Waals surface area contributed by atoms with Gasteiger partial charge in [0, 0.05) is 8.59 Å². The second-order valence-electron chi connectivity index (χ2n) is 3.85. The number of carbonyl (C=O) groups is 3. The molecule has 0 bridgehead atoms. The highest BCUT2D eigenvalue weighted by molar-refractivity contribution is 14.1. The average molecular weight is 394 g/mol. The third kappa shape index (κ3) is 2.59. The van der Waals surface area contributed by atoms with Crippen molar-refractivity contribution in [1.29, 1.82) is 0 Å². The van der Waals surface area contributed by atoms with E-state index in [1.165, 1.54) is 6.07 Å². The van der Waals surface area contributed by atoms with Crippen molar-refractivity contribution in [2.45, 2.75) is 6.92 Å². The van der Waals surface area contributed by atoms with Crippen LogP contribution >= 0.6 is 34.2 Å². The largest absolute Gasteiger partial charge is 0.465 e. The molecule has 0 radical (unpaired) electrons. The van der Waals surface area contributed by atoms with Crippen molar-refractivity contribution in [1.82, 2.24) is 0 Å². The second kappa shape index (κ2) is 5.46. The van der Waals surface area contributed by atoms with Crippen molar-refractivity contribution < 1.29 is 19.1 Å². The monoisotopic (exact) mass is 393 g/mol. The smallest absolute Gasteiger partial charge is 0.326 e. The maximum Gasteiger partial charge on any atom is 0.326 e. The predicted octanol–water partition coefficient (Wildman–Crippen LogP) is 2.26. The number of amides is 1. The molecule has 0 saturated heterocycles. The van der Waals surface area contributed by atoms with Gasteiger partial charge in [-0.25, -0.2) is 0 Å². The van der Waals surface area contributed by atoms with E-state index < -0.39 is 23.6 Å². The fourth-order valence-corrected chi connectivity index (χ4v) is 3.12. The zero-order valence-corrected chi connectivity index (χ0v) is 12.7. The highest BCUT2D eigenvalue weighted by Crippen LogP contribution is 2.33. The van der Waals surface area contributed by atoms with E-state index >= 15 is 0 Å². The summed E-state index contributed by atoms with van der Waals surface area (Å²) in [5.41, 5.74) is 0.620. The number of fused-ring (bicyclic) bond motifs is 1. The number of nitrogens with one attached hydrogen (secondary N) is 1. The fraction of sp³-hybridized carbons (Fsp3) is 0.250. The third-order valence-corrected chi connectivity index (χ3v) is 3.67. The minimum Gasteiger partial charge on any atom is -0.465 e. The lowest BCUT2D eigenvalue weighted by molar-refractivity contribution is -0.148. The molecule has 1 aliphatic rings. The Morgan fingerprint density at radius 1 is 1.47 bits per heavy atom. The number of anilines is 1. The molecule has 1 atom stereocenters. The number of rotatable bonds is 2. The summed E-state index contributed by atoms with van der Waals surface area (Å²) in [5.74, 6) is -3.52. The van der Waals surface area contributed by atoms with Crippen LogP contribution in [0.15, 0.2) is 12.1 Å². The van der Waals surface area contributed by atoms with E-state index in [2.05, 4.69) is 5.32 Å². The minimum atomic E-state index is -1.44. The van der Waals surface area contributed by atoms with E-state index in [0.29, 0.717) is 19.8 Å². The van der Waals surface area contributed by atoms with Gasteiger partial charge in [0.2, 0.25) is 5.91 Å². The molecule has 19 heavy (non-hydrogen) atoms. The Bertz CT molecular complexity index is 587. The van der Waals surface area contributed by atoms with Gasteiger partial charge in [-0.3, -0.25) is 14.4 Å². The highest BCUT2D eigenvalue weighted by atomic mass is 127. The highest BCUT2D eigenvalue weighted by Gasteiger charge is 2.41. The molecule has 0 fully saturated rings. The summed E-state index contributed by atoms with van der Waals surface area (Å²) < 4.78 is 5.33. The molecule has 1 N–H and O–H groups in total. The second-order valence-corrected chi connectivity index (χ2v) is 5.45. The molecule has 1 amide bonds. The lowest BCUT2D eigenvalue weighted by Gasteiger charge is -2.23. The summed E-state index contributed by atoms with van der Waals surface area (Å²) in [7, 11) is 0. The maximum atomic E-state index is 12.3. The van der Waals surface area contributed by atoms with Gasteiger partial charge >= 0.3 is 5.97 Å². The molecule has 1 aliphatic heterocycles. The van der Waals surface area contributed by atoms with Crippen LogP contribution < -0.4 is 5.32 Å². The molecule has 1 aromatic carbocycles. The number of benzene rings is 1. The van der Waals surface area contributed by atoms with Gasteiger partial charge in [0.1, 0.15) is 0 Å². The van der Waals surface area contributed by atoms with Gasteiger partial charge in [0.05, 0.1) is 17.9 Å². The number of halogens is 2. The molecule has 100 valence electrons. The summed E-state index contributed by atoms with van der Waals surface area (Å²) in [4.78, 5) is 35.8. The topological polar surface area (TPSA) is 72.5 Å². The van der Waals surface area contributed by atoms with E-state index in [0.717, 1.165) is 0 Å². The summed E-state index contributed by atoms with van der Waals surface area (Å²) in [6.07, 6.45) is 0. The van der Waals surface area contributed by atoms with Crippen LogP contribution in [0.25, 0.3) is 0 Å². The fourth-order valence-electron chi connectivity index (χ4n) is 1.83. The van der Waals surface area contributed by atoms with Gasteiger partial charge < -0.3 is 10.1 Å². The first-order valence-corrected chi connectivity index (χ1v) is 6.92. The molecule has 0 aliphatic carbocycles. The Morgan fingerprint density at radius 3 is 2.79 bits per heavy atom. The first-order chi connectivity index (χ1) is 8.95. The van der Waals surface area contributed by atoms with Crippen LogP contribution in [0.4, 0.5) is 5.69 Å². The van der Waals surface area contributed by atoms with Gasteiger partial charge in [0.25, 0.3) is 0 Å². The van der Waals surface area contributed by atoms with E-state index in [-0.39, 0.29) is 6.61 Å². The number of Topliss-reactive ketones (excluding diaryl/α,β-unsaturated/α-hetero) is 1. The normalized spacial score (nSPS) is 17.7. The van der Waals surface area contributed by atoms with Gasteiger partial charge in [-0.2, -0.15) is 0 Å². The summed E-state index contributed by atoms with van der Waals surface area (Å²) >= 11 is 7.80. The van der Waals surface area contributed by atoms with Gasteiger partial charge in [-0.15, -0.1) is 0 Å². The maximum absolute atomic E-state index is 12.3. The molecular weight excluding hydrogens is 384 g/mol. The van der Waals surface area contributed by atoms with Gasteiger partial charge in [0.15, 0.2) is 11.7 Å². The van der Waals surface area contributed by atoms with Crippen LogP contribution in [0.1, 0.15) is 17.3 Å². The molecule has 2 rings (SSSR count). The third-order valence-electron chi connectivity index (χ3n) is 2.61. The van der Waals surface area contributed by atoms with E-state index in [1.807, 2.05) is 22.6 Å². The molecular formula is C12H9ClINO4. The number of hydrogen-bond donors (Lipinski definition) is 1. The quantitative estimate of drug-likeness (QED) is 0.475. The molecule has 0 saturated carbocycles.